The summed E-state index contributed by atoms with van der Waals surface area (Å²) in [5, 5.41) is 12.7. The normalized spacial score (nSPS) is 13.1. The van der Waals surface area contributed by atoms with Crippen LogP contribution in [0.1, 0.15) is 19.8 Å². The van der Waals surface area contributed by atoms with Gasteiger partial charge in [-0.2, -0.15) is 11.8 Å². The Balaban J connectivity index is 3.06. The van der Waals surface area contributed by atoms with Gasteiger partial charge in [-0.05, 0) is 25.1 Å². The molecule has 86 valence electrons. The summed E-state index contributed by atoms with van der Waals surface area (Å²) in [6.45, 7) is 4.65. The van der Waals surface area contributed by atoms with Crippen LogP contribution in [0.25, 0.3) is 0 Å². The van der Waals surface area contributed by atoms with Crippen molar-refractivity contribution in [2.45, 2.75) is 25.9 Å². The number of thioether (sulfide) groups is 1. The van der Waals surface area contributed by atoms with Crippen molar-refractivity contribution in [3.05, 3.63) is 0 Å². The highest BCUT2D eigenvalue weighted by atomic mass is 32.2. The molecule has 0 saturated heterocycles. The van der Waals surface area contributed by atoms with Crippen LogP contribution in [0.5, 0.6) is 0 Å². The first-order chi connectivity index (χ1) is 6.81. The Morgan fingerprint density at radius 3 is 2.93 bits per heavy atom. The van der Waals surface area contributed by atoms with Crippen LogP contribution in [0.4, 0.5) is 0 Å². The summed E-state index contributed by atoms with van der Waals surface area (Å²) in [7, 11) is 1.72. The molecule has 4 heteroatoms. The Hall–Kier alpha value is 0.230. The molecule has 14 heavy (non-hydrogen) atoms. The maximum absolute atomic E-state index is 9.52. The minimum absolute atomic E-state index is 0.214. The fraction of sp³-hybridized carbons (Fsp3) is 1.00. The van der Waals surface area contributed by atoms with E-state index in [0.717, 1.165) is 37.5 Å². The van der Waals surface area contributed by atoms with Gasteiger partial charge in [0, 0.05) is 26.0 Å². The third kappa shape index (κ3) is 10.3. The second-order valence-electron chi connectivity index (χ2n) is 3.28. The predicted molar refractivity (Wildman–Crippen MR) is 63.0 cm³/mol. The highest BCUT2D eigenvalue weighted by Crippen LogP contribution is 2.04. The van der Waals surface area contributed by atoms with E-state index in [1.165, 1.54) is 0 Å². The minimum Gasteiger partial charge on any atom is -0.391 e. The molecule has 0 aromatic heterocycles. The average Bonchev–Trinajstić information content (AvgIpc) is 2.18. The van der Waals surface area contributed by atoms with E-state index < -0.39 is 0 Å². The van der Waals surface area contributed by atoms with Crippen molar-refractivity contribution < 1.29 is 9.84 Å². The second kappa shape index (κ2) is 11.3. The largest absolute Gasteiger partial charge is 0.391 e. The van der Waals surface area contributed by atoms with E-state index in [9.17, 15) is 5.11 Å². The summed E-state index contributed by atoms with van der Waals surface area (Å²) >= 11 is 1.79. The standard InChI is InChI=1S/C10H23NO2S/c1-3-5-11-8-10(12)9-14-7-4-6-13-2/h10-12H,3-9H2,1-2H3. The van der Waals surface area contributed by atoms with Crippen molar-refractivity contribution in [1.29, 1.82) is 0 Å². The molecule has 0 saturated carbocycles. The lowest BCUT2D eigenvalue weighted by molar-refractivity contribution is 0.195. The van der Waals surface area contributed by atoms with Crippen LogP contribution in [0, 0.1) is 0 Å². The van der Waals surface area contributed by atoms with Crippen molar-refractivity contribution in [3.8, 4) is 0 Å². The number of rotatable bonds is 10. The zero-order valence-corrected chi connectivity index (χ0v) is 10.1. The quantitative estimate of drug-likeness (QED) is 0.542. The summed E-state index contributed by atoms with van der Waals surface area (Å²) in [4.78, 5) is 0. The van der Waals surface area contributed by atoms with E-state index in [-0.39, 0.29) is 6.10 Å². The maximum Gasteiger partial charge on any atom is 0.0754 e. The highest BCUT2D eigenvalue weighted by molar-refractivity contribution is 7.99. The predicted octanol–water partition coefficient (Wildman–Crippen LogP) is 1.12. The van der Waals surface area contributed by atoms with Gasteiger partial charge >= 0.3 is 0 Å². The molecule has 0 aliphatic heterocycles. The van der Waals surface area contributed by atoms with Crippen LogP contribution < -0.4 is 5.32 Å². The summed E-state index contributed by atoms with van der Waals surface area (Å²) in [5.74, 6) is 1.89. The number of nitrogens with one attached hydrogen (secondary N) is 1. The third-order valence-electron chi connectivity index (χ3n) is 1.75. The average molecular weight is 221 g/mol. The van der Waals surface area contributed by atoms with E-state index in [4.69, 9.17) is 4.74 Å². The van der Waals surface area contributed by atoms with Crippen LogP contribution in [-0.2, 0) is 4.74 Å². The first-order valence-electron chi connectivity index (χ1n) is 5.26. The molecule has 0 aromatic rings. The summed E-state index contributed by atoms with van der Waals surface area (Å²) in [5.41, 5.74) is 0. The number of aliphatic hydroxyl groups excluding tert-OH is 1. The number of methoxy groups -OCH3 is 1. The monoisotopic (exact) mass is 221 g/mol. The molecule has 1 atom stereocenters. The highest BCUT2D eigenvalue weighted by Gasteiger charge is 2.02. The molecule has 0 rings (SSSR count). The molecular formula is C10H23NO2S. The lowest BCUT2D eigenvalue weighted by atomic mass is 10.4. The van der Waals surface area contributed by atoms with Crippen LogP contribution in [-0.4, -0.2) is 49.5 Å². The molecule has 2 N–H and O–H groups in total. The number of hydrogen-bond acceptors (Lipinski definition) is 4. The summed E-state index contributed by atoms with van der Waals surface area (Å²) in [6, 6.07) is 0. The van der Waals surface area contributed by atoms with E-state index >= 15 is 0 Å². The van der Waals surface area contributed by atoms with Gasteiger partial charge in [-0.15, -0.1) is 0 Å². The molecule has 0 aromatic carbocycles. The Morgan fingerprint density at radius 1 is 1.50 bits per heavy atom. The fourth-order valence-electron chi connectivity index (χ4n) is 1.03. The molecule has 0 heterocycles. The molecule has 1 unspecified atom stereocenters. The molecule has 0 aliphatic rings. The Labute approximate surface area is 91.6 Å². The number of aliphatic hydroxyl groups is 1. The molecule has 0 radical (unpaired) electrons. The molecule has 3 nitrogen and oxygen atoms in total. The second-order valence-corrected chi connectivity index (χ2v) is 4.43. The lowest BCUT2D eigenvalue weighted by Crippen LogP contribution is -2.29. The zero-order valence-electron chi connectivity index (χ0n) is 9.29. The van der Waals surface area contributed by atoms with Crippen LogP contribution in [0.2, 0.25) is 0 Å². The van der Waals surface area contributed by atoms with Gasteiger partial charge in [0.1, 0.15) is 0 Å². The van der Waals surface area contributed by atoms with Crippen LogP contribution in [0.3, 0.4) is 0 Å². The topological polar surface area (TPSA) is 41.5 Å². The zero-order chi connectivity index (χ0) is 10.6. The SMILES string of the molecule is CCCNCC(O)CSCCCOC. The molecule has 0 spiro atoms. The maximum atomic E-state index is 9.52. The van der Waals surface area contributed by atoms with Crippen molar-refractivity contribution in [2.75, 3.05) is 38.3 Å². The smallest absolute Gasteiger partial charge is 0.0754 e. The van der Waals surface area contributed by atoms with E-state index in [1.54, 1.807) is 18.9 Å². The lowest BCUT2D eigenvalue weighted by Gasteiger charge is -2.10. The van der Waals surface area contributed by atoms with Crippen molar-refractivity contribution in [2.24, 2.45) is 0 Å². The van der Waals surface area contributed by atoms with Gasteiger partial charge in [-0.25, -0.2) is 0 Å². The minimum atomic E-state index is -0.214. The van der Waals surface area contributed by atoms with Gasteiger partial charge < -0.3 is 15.2 Å². The van der Waals surface area contributed by atoms with Gasteiger partial charge in [0.15, 0.2) is 0 Å². The van der Waals surface area contributed by atoms with Crippen molar-refractivity contribution in [3.63, 3.8) is 0 Å². The first kappa shape index (κ1) is 14.2. The third-order valence-corrected chi connectivity index (χ3v) is 2.95. The fourth-order valence-corrected chi connectivity index (χ4v) is 1.91. The number of hydrogen-bond donors (Lipinski definition) is 2. The van der Waals surface area contributed by atoms with Crippen molar-refractivity contribution >= 4 is 11.8 Å². The molecule has 0 fully saturated rings. The van der Waals surface area contributed by atoms with Gasteiger partial charge in [0.25, 0.3) is 0 Å². The molecule has 0 aliphatic carbocycles. The summed E-state index contributed by atoms with van der Waals surface area (Å²) < 4.78 is 4.94. The molecular weight excluding hydrogens is 198 g/mol. The van der Waals surface area contributed by atoms with Gasteiger partial charge in [-0.3, -0.25) is 0 Å². The first-order valence-corrected chi connectivity index (χ1v) is 6.42. The molecule has 0 bridgehead atoms. The van der Waals surface area contributed by atoms with Crippen molar-refractivity contribution in [1.82, 2.24) is 5.32 Å². The Kier molecular flexibility index (Phi) is 11.5. The Morgan fingerprint density at radius 2 is 2.29 bits per heavy atom. The summed E-state index contributed by atoms with van der Waals surface area (Å²) in [6.07, 6.45) is 1.97. The van der Waals surface area contributed by atoms with Gasteiger partial charge in [-0.1, -0.05) is 6.92 Å². The van der Waals surface area contributed by atoms with Crippen LogP contribution in [0.15, 0.2) is 0 Å². The van der Waals surface area contributed by atoms with Crippen LogP contribution >= 0.6 is 11.8 Å². The van der Waals surface area contributed by atoms with E-state index in [2.05, 4.69) is 12.2 Å². The Bertz CT molecular complexity index is 114. The van der Waals surface area contributed by atoms with Gasteiger partial charge in [0.2, 0.25) is 0 Å². The van der Waals surface area contributed by atoms with E-state index in [1.807, 2.05) is 0 Å². The van der Waals surface area contributed by atoms with E-state index in [0.29, 0.717) is 6.54 Å². The molecule has 0 amide bonds. The van der Waals surface area contributed by atoms with Gasteiger partial charge in [0.05, 0.1) is 6.10 Å². The number of ether oxygens (including phenoxy) is 1.